The molecule has 1 aliphatic heterocycles. The Bertz CT molecular complexity index is 202. The molecule has 0 spiro atoms. The summed E-state index contributed by atoms with van der Waals surface area (Å²) in [5.74, 6) is 0.0944. The monoisotopic (exact) mass is 263 g/mol. The summed E-state index contributed by atoms with van der Waals surface area (Å²) in [6.07, 6.45) is 2.63. The molecule has 1 atom stereocenters. The Balaban J connectivity index is 2.44. The molecule has 0 aromatic heterocycles. The molecule has 0 aromatic carbocycles. The van der Waals surface area contributed by atoms with Crippen LogP contribution < -0.4 is 5.32 Å². The quantitative estimate of drug-likeness (QED) is 0.790. The molecule has 0 aliphatic carbocycles. The van der Waals surface area contributed by atoms with Gasteiger partial charge >= 0.3 is 0 Å². The van der Waals surface area contributed by atoms with E-state index in [0.29, 0.717) is 0 Å². The fourth-order valence-corrected chi connectivity index (χ4v) is 1.62. The number of hydrogen-bond donors (Lipinski definition) is 1. The van der Waals surface area contributed by atoms with Crippen molar-refractivity contribution in [3.8, 4) is 0 Å². The van der Waals surface area contributed by atoms with Gasteiger partial charge in [0.1, 0.15) is 0 Å². The highest BCUT2D eigenvalue weighted by Gasteiger charge is 2.30. The molecule has 0 radical (unpaired) electrons. The molecule has 0 aromatic rings. The Kier molecular flexibility index (Phi) is 4.38. The largest absolute Gasteiger partial charge is 0.381 e. The molecule has 1 unspecified atom stereocenters. The Hall–Kier alpha value is -0.0900. The van der Waals surface area contributed by atoms with Gasteiger partial charge in [0.2, 0.25) is 5.91 Å². The van der Waals surface area contributed by atoms with Gasteiger partial charge in [0, 0.05) is 18.8 Å². The van der Waals surface area contributed by atoms with Crippen molar-refractivity contribution >= 4 is 21.8 Å². The van der Waals surface area contributed by atoms with Crippen LogP contribution in [-0.4, -0.2) is 29.5 Å². The standard InChI is InChI=1S/C10H18BrNO2/c1-3-8(11)9(13)12-10(2)4-6-14-7-5-10/h8H,3-7H2,1-2H3,(H,12,13). The van der Waals surface area contributed by atoms with Gasteiger partial charge in [-0.15, -0.1) is 0 Å². The van der Waals surface area contributed by atoms with Crippen molar-refractivity contribution in [2.45, 2.75) is 43.5 Å². The van der Waals surface area contributed by atoms with Crippen LogP contribution in [0.3, 0.4) is 0 Å². The van der Waals surface area contributed by atoms with Crippen molar-refractivity contribution < 1.29 is 9.53 Å². The van der Waals surface area contributed by atoms with E-state index in [9.17, 15) is 4.79 Å². The van der Waals surface area contributed by atoms with Crippen molar-refractivity contribution in [1.29, 1.82) is 0 Å². The summed E-state index contributed by atoms with van der Waals surface area (Å²) in [6.45, 7) is 5.57. The van der Waals surface area contributed by atoms with Crippen molar-refractivity contribution in [2.75, 3.05) is 13.2 Å². The second kappa shape index (κ2) is 5.12. The summed E-state index contributed by atoms with van der Waals surface area (Å²) in [7, 11) is 0. The average Bonchev–Trinajstić information content (AvgIpc) is 2.17. The second-order valence-corrected chi connectivity index (χ2v) is 5.14. The van der Waals surface area contributed by atoms with E-state index in [4.69, 9.17) is 4.74 Å². The SMILES string of the molecule is CCC(Br)C(=O)NC1(C)CCOCC1. The first-order valence-corrected chi connectivity index (χ1v) is 6.03. The first-order chi connectivity index (χ1) is 6.57. The molecule has 1 N–H and O–H groups in total. The molecule has 14 heavy (non-hydrogen) atoms. The lowest BCUT2D eigenvalue weighted by Crippen LogP contribution is -2.51. The van der Waals surface area contributed by atoms with Crippen LogP contribution in [0.15, 0.2) is 0 Å². The number of ether oxygens (including phenoxy) is 1. The van der Waals surface area contributed by atoms with Gasteiger partial charge in [-0.25, -0.2) is 0 Å². The lowest BCUT2D eigenvalue weighted by atomic mass is 9.92. The van der Waals surface area contributed by atoms with Crippen molar-refractivity contribution in [3.63, 3.8) is 0 Å². The average molecular weight is 264 g/mol. The molecule has 1 aliphatic rings. The minimum absolute atomic E-state index is 0.0674. The minimum Gasteiger partial charge on any atom is -0.381 e. The maximum atomic E-state index is 11.6. The summed E-state index contributed by atoms with van der Waals surface area (Å²) in [6, 6.07) is 0. The van der Waals surface area contributed by atoms with Crippen LogP contribution in [0, 0.1) is 0 Å². The second-order valence-electron chi connectivity index (χ2n) is 4.04. The highest BCUT2D eigenvalue weighted by atomic mass is 79.9. The molecule has 0 saturated carbocycles. The minimum atomic E-state index is -0.0729. The number of alkyl halides is 1. The number of nitrogens with one attached hydrogen (secondary N) is 1. The third-order valence-corrected chi connectivity index (χ3v) is 3.73. The topological polar surface area (TPSA) is 38.3 Å². The Morgan fingerprint density at radius 3 is 2.64 bits per heavy atom. The van der Waals surface area contributed by atoms with Gasteiger partial charge < -0.3 is 10.1 Å². The molecule has 1 heterocycles. The fourth-order valence-electron chi connectivity index (χ4n) is 1.51. The van der Waals surface area contributed by atoms with Gasteiger partial charge in [0.15, 0.2) is 0 Å². The summed E-state index contributed by atoms with van der Waals surface area (Å²) >= 11 is 3.35. The molecule has 1 saturated heterocycles. The molecule has 3 nitrogen and oxygen atoms in total. The summed E-state index contributed by atoms with van der Waals surface area (Å²) in [5, 5.41) is 3.08. The molecule has 1 rings (SSSR count). The van der Waals surface area contributed by atoms with E-state index in [-0.39, 0.29) is 16.3 Å². The molecule has 82 valence electrons. The zero-order valence-corrected chi connectivity index (χ0v) is 10.4. The fraction of sp³-hybridized carbons (Fsp3) is 0.900. The van der Waals surface area contributed by atoms with Gasteiger partial charge in [0.05, 0.1) is 4.83 Å². The van der Waals surface area contributed by atoms with Crippen LogP contribution in [0.5, 0.6) is 0 Å². The van der Waals surface area contributed by atoms with Crippen LogP contribution in [-0.2, 0) is 9.53 Å². The number of rotatable bonds is 3. The number of halogens is 1. The van der Waals surface area contributed by atoms with Gasteiger partial charge in [-0.05, 0) is 26.2 Å². The van der Waals surface area contributed by atoms with Crippen LogP contribution in [0.25, 0.3) is 0 Å². The lowest BCUT2D eigenvalue weighted by molar-refractivity contribution is -0.123. The molecular weight excluding hydrogens is 246 g/mol. The lowest BCUT2D eigenvalue weighted by Gasteiger charge is -2.35. The number of carbonyl (C=O) groups excluding carboxylic acids is 1. The predicted octanol–water partition coefficient (Wildman–Crippen LogP) is 1.85. The van der Waals surface area contributed by atoms with Gasteiger partial charge in [-0.1, -0.05) is 22.9 Å². The van der Waals surface area contributed by atoms with Crippen molar-refractivity contribution in [3.05, 3.63) is 0 Å². The van der Waals surface area contributed by atoms with Crippen LogP contribution in [0.1, 0.15) is 33.1 Å². The highest BCUT2D eigenvalue weighted by molar-refractivity contribution is 9.10. The number of amides is 1. The molecule has 1 amide bonds. The van der Waals surface area contributed by atoms with E-state index in [0.717, 1.165) is 32.5 Å². The first kappa shape index (κ1) is 12.0. The molecule has 4 heteroatoms. The van der Waals surface area contributed by atoms with Crippen molar-refractivity contribution in [1.82, 2.24) is 5.32 Å². The van der Waals surface area contributed by atoms with Gasteiger partial charge in [0.25, 0.3) is 0 Å². The van der Waals surface area contributed by atoms with E-state index in [2.05, 4.69) is 28.2 Å². The summed E-state index contributed by atoms with van der Waals surface area (Å²) in [5.41, 5.74) is -0.0729. The first-order valence-electron chi connectivity index (χ1n) is 5.11. The van der Waals surface area contributed by atoms with Crippen LogP contribution in [0.2, 0.25) is 0 Å². The maximum absolute atomic E-state index is 11.6. The predicted molar refractivity (Wildman–Crippen MR) is 59.6 cm³/mol. The number of hydrogen-bond acceptors (Lipinski definition) is 2. The smallest absolute Gasteiger partial charge is 0.234 e. The molecule has 1 fully saturated rings. The summed E-state index contributed by atoms with van der Waals surface area (Å²) in [4.78, 5) is 11.6. The van der Waals surface area contributed by atoms with E-state index in [1.54, 1.807) is 0 Å². The van der Waals surface area contributed by atoms with Gasteiger partial charge in [-0.2, -0.15) is 0 Å². The van der Waals surface area contributed by atoms with E-state index in [1.165, 1.54) is 0 Å². The zero-order chi connectivity index (χ0) is 10.6. The highest BCUT2D eigenvalue weighted by Crippen LogP contribution is 2.20. The zero-order valence-electron chi connectivity index (χ0n) is 8.81. The third-order valence-electron chi connectivity index (χ3n) is 2.66. The molecular formula is C10H18BrNO2. The van der Waals surface area contributed by atoms with Crippen LogP contribution >= 0.6 is 15.9 Å². The molecule has 0 bridgehead atoms. The summed E-state index contributed by atoms with van der Waals surface area (Å²) < 4.78 is 5.27. The van der Waals surface area contributed by atoms with E-state index < -0.39 is 0 Å². The maximum Gasteiger partial charge on any atom is 0.234 e. The van der Waals surface area contributed by atoms with Crippen molar-refractivity contribution in [2.24, 2.45) is 0 Å². The number of carbonyl (C=O) groups is 1. The Morgan fingerprint density at radius 2 is 2.14 bits per heavy atom. The third kappa shape index (κ3) is 3.24. The Labute approximate surface area is 93.7 Å². The van der Waals surface area contributed by atoms with Crippen LogP contribution in [0.4, 0.5) is 0 Å². The van der Waals surface area contributed by atoms with E-state index >= 15 is 0 Å². The van der Waals surface area contributed by atoms with Gasteiger partial charge in [-0.3, -0.25) is 4.79 Å². The normalized spacial score (nSPS) is 22.8. The van der Waals surface area contributed by atoms with E-state index in [1.807, 2.05) is 6.92 Å². The Morgan fingerprint density at radius 1 is 1.57 bits per heavy atom.